The lowest BCUT2D eigenvalue weighted by atomic mass is 10.2. The second-order valence-corrected chi connectivity index (χ2v) is 3.43. The van der Waals surface area contributed by atoms with Gasteiger partial charge < -0.3 is 9.84 Å². The van der Waals surface area contributed by atoms with Crippen molar-refractivity contribution in [1.82, 2.24) is 0 Å². The minimum atomic E-state index is -4.87. The fraction of sp³-hybridized carbons (Fsp3) is 0.250. The van der Waals surface area contributed by atoms with E-state index in [1.165, 1.54) is 0 Å². The molecule has 0 unspecified atom stereocenters. The van der Waals surface area contributed by atoms with Crippen LogP contribution in [0.3, 0.4) is 0 Å². The molecule has 0 aliphatic carbocycles. The van der Waals surface area contributed by atoms with Crippen LogP contribution in [0.2, 0.25) is 0 Å². The summed E-state index contributed by atoms with van der Waals surface area (Å²) in [6, 6.07) is 1.49. The van der Waals surface area contributed by atoms with Gasteiger partial charge in [0.2, 0.25) is 0 Å². The second-order valence-electron chi connectivity index (χ2n) is 2.57. The van der Waals surface area contributed by atoms with Crippen molar-refractivity contribution >= 4 is 15.9 Å². The maximum absolute atomic E-state index is 13.0. The van der Waals surface area contributed by atoms with Crippen molar-refractivity contribution in [3.63, 3.8) is 0 Å². The number of alkyl halides is 3. The van der Waals surface area contributed by atoms with Crippen molar-refractivity contribution in [2.24, 2.45) is 0 Å². The fourth-order valence-corrected chi connectivity index (χ4v) is 1.46. The highest BCUT2D eigenvalue weighted by molar-refractivity contribution is 9.10. The van der Waals surface area contributed by atoms with Crippen LogP contribution >= 0.6 is 15.9 Å². The van der Waals surface area contributed by atoms with Crippen molar-refractivity contribution < 1.29 is 27.4 Å². The van der Waals surface area contributed by atoms with E-state index in [0.29, 0.717) is 6.07 Å². The number of hydrogen-bond donors (Lipinski definition) is 1. The Kier molecular flexibility index (Phi) is 3.56. The van der Waals surface area contributed by atoms with Gasteiger partial charge in [-0.1, -0.05) is 15.9 Å². The van der Waals surface area contributed by atoms with Crippen molar-refractivity contribution in [2.75, 3.05) is 0 Å². The van der Waals surface area contributed by atoms with Gasteiger partial charge in [-0.2, -0.15) is 0 Å². The van der Waals surface area contributed by atoms with E-state index in [0.717, 1.165) is 6.07 Å². The summed E-state index contributed by atoms with van der Waals surface area (Å²) in [4.78, 5) is 0. The molecule has 0 fully saturated rings. The number of aliphatic hydroxyl groups is 1. The summed E-state index contributed by atoms with van der Waals surface area (Å²) in [5.74, 6) is -1.64. The highest BCUT2D eigenvalue weighted by Gasteiger charge is 2.31. The average Bonchev–Trinajstić information content (AvgIpc) is 1.99. The Morgan fingerprint density at radius 1 is 1.33 bits per heavy atom. The van der Waals surface area contributed by atoms with Crippen LogP contribution in [0.4, 0.5) is 17.6 Å². The lowest BCUT2D eigenvalue weighted by Gasteiger charge is -2.10. The molecule has 0 amide bonds. The van der Waals surface area contributed by atoms with Crippen molar-refractivity contribution in [3.8, 4) is 5.75 Å². The van der Waals surface area contributed by atoms with Crippen LogP contribution in [0.1, 0.15) is 5.56 Å². The first-order chi connectivity index (χ1) is 6.83. The van der Waals surface area contributed by atoms with Gasteiger partial charge in [-0.25, -0.2) is 4.39 Å². The van der Waals surface area contributed by atoms with E-state index in [9.17, 15) is 17.6 Å². The Balaban J connectivity index is 3.04. The summed E-state index contributed by atoms with van der Waals surface area (Å²) in [7, 11) is 0. The summed E-state index contributed by atoms with van der Waals surface area (Å²) in [6.07, 6.45) is -4.87. The first-order valence-electron chi connectivity index (χ1n) is 3.68. The van der Waals surface area contributed by atoms with E-state index in [1.54, 1.807) is 0 Å². The monoisotopic (exact) mass is 288 g/mol. The van der Waals surface area contributed by atoms with Gasteiger partial charge in [0.25, 0.3) is 0 Å². The van der Waals surface area contributed by atoms with Crippen LogP contribution in [-0.2, 0) is 6.61 Å². The number of halogens is 5. The van der Waals surface area contributed by atoms with E-state index in [-0.39, 0.29) is 10.0 Å². The summed E-state index contributed by atoms with van der Waals surface area (Å²) in [5.41, 5.74) is -0.121. The number of ether oxygens (including phenoxy) is 1. The molecule has 7 heteroatoms. The highest BCUT2D eigenvalue weighted by Crippen LogP contribution is 2.29. The Hall–Kier alpha value is -0.820. The lowest BCUT2D eigenvalue weighted by molar-refractivity contribution is -0.274. The number of aliphatic hydroxyl groups excluding tert-OH is 1. The predicted molar refractivity (Wildman–Crippen MR) is 46.7 cm³/mol. The van der Waals surface area contributed by atoms with Crippen molar-refractivity contribution in [3.05, 3.63) is 28.0 Å². The average molecular weight is 289 g/mol. The quantitative estimate of drug-likeness (QED) is 0.848. The third-order valence-electron chi connectivity index (χ3n) is 1.51. The SMILES string of the molecule is OCc1c(F)cc(OC(F)(F)F)cc1Br. The number of rotatable bonds is 2. The maximum atomic E-state index is 13.0. The molecule has 1 rings (SSSR count). The molecular weight excluding hydrogens is 284 g/mol. The summed E-state index contributed by atoms with van der Waals surface area (Å²) < 4.78 is 51.9. The first kappa shape index (κ1) is 12.3. The minimum Gasteiger partial charge on any atom is -0.406 e. The molecule has 1 aromatic rings. The Morgan fingerprint density at radius 3 is 2.33 bits per heavy atom. The molecular formula is C8H5BrF4O2. The van der Waals surface area contributed by atoms with Gasteiger partial charge in [-0.15, -0.1) is 13.2 Å². The zero-order chi connectivity index (χ0) is 11.6. The molecule has 84 valence electrons. The molecule has 0 spiro atoms. The minimum absolute atomic E-state index is 0.0178. The van der Waals surface area contributed by atoms with Crippen molar-refractivity contribution in [2.45, 2.75) is 13.0 Å². The van der Waals surface area contributed by atoms with Gasteiger partial charge >= 0.3 is 6.36 Å². The lowest BCUT2D eigenvalue weighted by Crippen LogP contribution is -2.17. The maximum Gasteiger partial charge on any atom is 0.573 e. The molecule has 0 aliphatic heterocycles. The Labute approximate surface area is 90.6 Å². The number of hydrogen-bond acceptors (Lipinski definition) is 2. The Morgan fingerprint density at radius 2 is 1.93 bits per heavy atom. The van der Waals surface area contributed by atoms with Crippen LogP contribution in [0.15, 0.2) is 16.6 Å². The van der Waals surface area contributed by atoms with Crippen LogP contribution in [0.5, 0.6) is 5.75 Å². The predicted octanol–water partition coefficient (Wildman–Crippen LogP) is 2.98. The molecule has 0 atom stereocenters. The van der Waals surface area contributed by atoms with E-state index in [4.69, 9.17) is 5.11 Å². The standard InChI is InChI=1S/C8H5BrF4O2/c9-6-1-4(15-8(11,12)13)2-7(10)5(6)3-14/h1-2,14H,3H2. The van der Waals surface area contributed by atoms with Gasteiger partial charge in [0.05, 0.1) is 6.61 Å². The molecule has 1 N–H and O–H groups in total. The highest BCUT2D eigenvalue weighted by atomic mass is 79.9. The van der Waals surface area contributed by atoms with Crippen molar-refractivity contribution in [1.29, 1.82) is 0 Å². The zero-order valence-electron chi connectivity index (χ0n) is 7.11. The van der Waals surface area contributed by atoms with E-state index in [1.807, 2.05) is 0 Å². The third kappa shape index (κ3) is 3.35. The normalized spacial score (nSPS) is 11.6. The fourth-order valence-electron chi connectivity index (χ4n) is 0.923. The number of benzene rings is 1. The molecule has 1 aromatic carbocycles. The van der Waals surface area contributed by atoms with Gasteiger partial charge in [0.1, 0.15) is 11.6 Å². The molecule has 15 heavy (non-hydrogen) atoms. The summed E-state index contributed by atoms with van der Waals surface area (Å²) >= 11 is 2.82. The summed E-state index contributed by atoms with van der Waals surface area (Å²) in [6.45, 7) is -0.612. The Bertz CT molecular complexity index is 341. The molecule has 0 saturated heterocycles. The first-order valence-corrected chi connectivity index (χ1v) is 4.47. The third-order valence-corrected chi connectivity index (χ3v) is 2.21. The molecule has 0 saturated carbocycles. The van der Waals surface area contributed by atoms with E-state index >= 15 is 0 Å². The van der Waals surface area contributed by atoms with Crippen LogP contribution in [0, 0.1) is 5.82 Å². The van der Waals surface area contributed by atoms with Crippen LogP contribution < -0.4 is 4.74 Å². The van der Waals surface area contributed by atoms with Crippen LogP contribution in [0.25, 0.3) is 0 Å². The molecule has 2 nitrogen and oxygen atoms in total. The van der Waals surface area contributed by atoms with Crippen LogP contribution in [-0.4, -0.2) is 11.5 Å². The van der Waals surface area contributed by atoms with Gasteiger partial charge in [-0.05, 0) is 6.07 Å². The van der Waals surface area contributed by atoms with Gasteiger partial charge in [0, 0.05) is 16.1 Å². The van der Waals surface area contributed by atoms with Gasteiger partial charge in [-0.3, -0.25) is 0 Å². The molecule has 0 radical (unpaired) electrons. The molecule has 0 heterocycles. The topological polar surface area (TPSA) is 29.5 Å². The zero-order valence-corrected chi connectivity index (χ0v) is 8.69. The van der Waals surface area contributed by atoms with Gasteiger partial charge in [0.15, 0.2) is 0 Å². The smallest absolute Gasteiger partial charge is 0.406 e. The molecule has 0 bridgehead atoms. The molecule has 0 aromatic heterocycles. The largest absolute Gasteiger partial charge is 0.573 e. The summed E-state index contributed by atoms with van der Waals surface area (Å²) in [5, 5.41) is 8.69. The van der Waals surface area contributed by atoms with E-state index in [2.05, 4.69) is 20.7 Å². The molecule has 0 aliphatic rings. The van der Waals surface area contributed by atoms with E-state index < -0.39 is 24.5 Å². The second kappa shape index (κ2) is 4.36.